The van der Waals surface area contributed by atoms with Crippen LogP contribution in [0, 0.1) is 0 Å². The molecule has 0 radical (unpaired) electrons. The zero-order chi connectivity index (χ0) is 9.97. The molecule has 0 aliphatic rings. The summed E-state index contributed by atoms with van der Waals surface area (Å²) in [5, 5.41) is 0. The van der Waals surface area contributed by atoms with Crippen LogP contribution in [0.2, 0.25) is 4.34 Å². The Kier molecular flexibility index (Phi) is 2.77. The summed E-state index contributed by atoms with van der Waals surface area (Å²) < 4.78 is 0.728. The molecule has 1 atom stereocenters. The molecule has 0 saturated heterocycles. The second-order valence-corrected chi connectivity index (χ2v) is 4.47. The van der Waals surface area contributed by atoms with E-state index in [4.69, 9.17) is 17.3 Å². The fourth-order valence-corrected chi connectivity index (χ4v) is 2.15. The largest absolute Gasteiger partial charge is 0.317 e. The van der Waals surface area contributed by atoms with Gasteiger partial charge in [-0.25, -0.2) is 9.97 Å². The lowest BCUT2D eigenvalue weighted by molar-refractivity contribution is 0.795. The Bertz CT molecular complexity index is 415. The normalized spacial score (nSPS) is 12.7. The van der Waals surface area contributed by atoms with Crippen LogP contribution in [0.15, 0.2) is 30.6 Å². The summed E-state index contributed by atoms with van der Waals surface area (Å²) in [6, 6.07) is 5.20. The van der Waals surface area contributed by atoms with Crippen molar-refractivity contribution in [2.24, 2.45) is 5.73 Å². The van der Waals surface area contributed by atoms with Gasteiger partial charge in [0.1, 0.15) is 5.82 Å². The maximum absolute atomic E-state index is 5.96. The first-order chi connectivity index (χ1) is 6.77. The highest BCUT2D eigenvalue weighted by molar-refractivity contribution is 7.16. The molecule has 0 spiro atoms. The molecule has 0 saturated carbocycles. The second kappa shape index (κ2) is 4.04. The first-order valence-electron chi connectivity index (χ1n) is 4.05. The molecule has 2 heterocycles. The Hall–Kier alpha value is -0.970. The van der Waals surface area contributed by atoms with Gasteiger partial charge in [0.25, 0.3) is 0 Å². The van der Waals surface area contributed by atoms with E-state index in [1.165, 1.54) is 11.3 Å². The lowest BCUT2D eigenvalue weighted by Gasteiger charge is -2.06. The Morgan fingerprint density at radius 1 is 1.29 bits per heavy atom. The average molecular weight is 226 g/mol. The lowest BCUT2D eigenvalue weighted by atomic mass is 10.2. The summed E-state index contributed by atoms with van der Waals surface area (Å²) in [4.78, 5) is 9.16. The molecule has 2 aromatic rings. The van der Waals surface area contributed by atoms with Gasteiger partial charge in [0.05, 0.1) is 10.4 Å². The fraction of sp³-hybridized carbons (Fsp3) is 0.111. The van der Waals surface area contributed by atoms with Gasteiger partial charge in [-0.15, -0.1) is 11.3 Å². The fourth-order valence-electron chi connectivity index (χ4n) is 1.09. The van der Waals surface area contributed by atoms with Crippen LogP contribution in [0.3, 0.4) is 0 Å². The number of hydrogen-bond donors (Lipinski definition) is 1. The topological polar surface area (TPSA) is 51.8 Å². The Labute approximate surface area is 90.6 Å². The van der Waals surface area contributed by atoms with Crippen molar-refractivity contribution in [3.63, 3.8) is 0 Å². The quantitative estimate of drug-likeness (QED) is 0.853. The van der Waals surface area contributed by atoms with E-state index in [9.17, 15) is 0 Å². The molecular weight excluding hydrogens is 218 g/mol. The third-order valence-electron chi connectivity index (χ3n) is 1.76. The highest BCUT2D eigenvalue weighted by Crippen LogP contribution is 2.27. The Balaban J connectivity index is 2.29. The van der Waals surface area contributed by atoms with E-state index in [0.29, 0.717) is 5.82 Å². The van der Waals surface area contributed by atoms with Gasteiger partial charge < -0.3 is 5.73 Å². The number of thiophene rings is 1. The van der Waals surface area contributed by atoms with E-state index >= 15 is 0 Å². The van der Waals surface area contributed by atoms with Crippen molar-refractivity contribution >= 4 is 22.9 Å². The van der Waals surface area contributed by atoms with Crippen molar-refractivity contribution in [1.82, 2.24) is 9.97 Å². The number of nitrogens with zero attached hydrogens (tertiary/aromatic N) is 2. The van der Waals surface area contributed by atoms with Gasteiger partial charge in [0, 0.05) is 17.3 Å². The number of nitrogens with two attached hydrogens (primary N) is 1. The molecule has 2 aromatic heterocycles. The molecule has 3 nitrogen and oxygen atoms in total. The monoisotopic (exact) mass is 225 g/mol. The molecule has 2 N–H and O–H groups in total. The van der Waals surface area contributed by atoms with E-state index in [-0.39, 0.29) is 6.04 Å². The van der Waals surface area contributed by atoms with Gasteiger partial charge in [-0.1, -0.05) is 11.6 Å². The van der Waals surface area contributed by atoms with E-state index in [0.717, 1.165) is 9.21 Å². The molecule has 0 fully saturated rings. The first kappa shape index (κ1) is 9.58. The van der Waals surface area contributed by atoms with E-state index in [1.54, 1.807) is 18.5 Å². The Morgan fingerprint density at radius 2 is 2.00 bits per heavy atom. The van der Waals surface area contributed by atoms with Crippen molar-refractivity contribution in [2.45, 2.75) is 6.04 Å². The molecule has 2 rings (SSSR count). The molecule has 5 heteroatoms. The van der Waals surface area contributed by atoms with Gasteiger partial charge in [0.2, 0.25) is 0 Å². The second-order valence-electron chi connectivity index (χ2n) is 2.73. The van der Waals surface area contributed by atoms with Crippen LogP contribution in [-0.2, 0) is 0 Å². The maximum atomic E-state index is 5.96. The number of hydrogen-bond acceptors (Lipinski definition) is 4. The molecule has 1 unspecified atom stereocenters. The summed E-state index contributed by atoms with van der Waals surface area (Å²) in [6.07, 6.45) is 3.36. The van der Waals surface area contributed by atoms with Crippen LogP contribution in [-0.4, -0.2) is 9.97 Å². The summed E-state index contributed by atoms with van der Waals surface area (Å²) in [5.41, 5.74) is 5.96. The predicted molar refractivity (Wildman–Crippen MR) is 57.4 cm³/mol. The van der Waals surface area contributed by atoms with Crippen LogP contribution < -0.4 is 5.73 Å². The van der Waals surface area contributed by atoms with Crippen molar-refractivity contribution < 1.29 is 0 Å². The van der Waals surface area contributed by atoms with Crippen LogP contribution in [0.25, 0.3) is 0 Å². The van der Waals surface area contributed by atoms with Crippen molar-refractivity contribution in [3.05, 3.63) is 45.6 Å². The zero-order valence-electron chi connectivity index (χ0n) is 7.22. The molecule has 0 aliphatic carbocycles. The molecule has 0 amide bonds. The first-order valence-corrected chi connectivity index (χ1v) is 5.24. The van der Waals surface area contributed by atoms with E-state index in [1.807, 2.05) is 12.1 Å². The third-order valence-corrected chi connectivity index (χ3v) is 3.08. The number of aromatic nitrogens is 2. The zero-order valence-corrected chi connectivity index (χ0v) is 8.79. The summed E-state index contributed by atoms with van der Waals surface area (Å²) in [7, 11) is 0. The van der Waals surface area contributed by atoms with Crippen LogP contribution >= 0.6 is 22.9 Å². The maximum Gasteiger partial charge on any atom is 0.150 e. The summed E-state index contributed by atoms with van der Waals surface area (Å²) in [6.45, 7) is 0. The number of halogens is 1. The van der Waals surface area contributed by atoms with Crippen molar-refractivity contribution in [3.8, 4) is 0 Å². The molecule has 0 aliphatic heterocycles. The average Bonchev–Trinajstić information content (AvgIpc) is 2.65. The molecule has 0 aromatic carbocycles. The summed E-state index contributed by atoms with van der Waals surface area (Å²) in [5.74, 6) is 0.617. The molecule has 0 bridgehead atoms. The van der Waals surface area contributed by atoms with Gasteiger partial charge in [0.15, 0.2) is 0 Å². The minimum atomic E-state index is -0.284. The van der Waals surface area contributed by atoms with E-state index < -0.39 is 0 Å². The van der Waals surface area contributed by atoms with Crippen molar-refractivity contribution in [2.75, 3.05) is 0 Å². The predicted octanol–water partition coefficient (Wildman–Crippen LogP) is 2.24. The van der Waals surface area contributed by atoms with Crippen LogP contribution in [0.1, 0.15) is 16.7 Å². The van der Waals surface area contributed by atoms with Gasteiger partial charge >= 0.3 is 0 Å². The third kappa shape index (κ3) is 1.92. The van der Waals surface area contributed by atoms with E-state index in [2.05, 4.69) is 9.97 Å². The minimum Gasteiger partial charge on any atom is -0.317 e. The van der Waals surface area contributed by atoms with Crippen LogP contribution in [0.4, 0.5) is 0 Å². The lowest BCUT2D eigenvalue weighted by Crippen LogP contribution is -2.13. The smallest absolute Gasteiger partial charge is 0.150 e. The highest BCUT2D eigenvalue weighted by atomic mass is 35.5. The van der Waals surface area contributed by atoms with Crippen LogP contribution in [0.5, 0.6) is 0 Å². The highest BCUT2D eigenvalue weighted by Gasteiger charge is 2.12. The SMILES string of the molecule is NC(c1ncccn1)c1ccc(Cl)s1. The molecule has 72 valence electrons. The van der Waals surface area contributed by atoms with Gasteiger partial charge in [-0.2, -0.15) is 0 Å². The number of rotatable bonds is 2. The van der Waals surface area contributed by atoms with Crippen molar-refractivity contribution in [1.29, 1.82) is 0 Å². The standard InChI is InChI=1S/C9H8ClN3S/c10-7-3-2-6(14-7)8(11)9-12-4-1-5-13-9/h1-5,8H,11H2. The van der Waals surface area contributed by atoms with Gasteiger partial charge in [-0.05, 0) is 18.2 Å². The van der Waals surface area contributed by atoms with Gasteiger partial charge in [-0.3, -0.25) is 0 Å². The molecular formula is C9H8ClN3S. The molecule has 14 heavy (non-hydrogen) atoms. The minimum absolute atomic E-state index is 0.284. The summed E-state index contributed by atoms with van der Waals surface area (Å²) >= 11 is 7.27. The Morgan fingerprint density at radius 3 is 2.57 bits per heavy atom.